The Morgan fingerprint density at radius 2 is 1.91 bits per heavy atom. The van der Waals surface area contributed by atoms with Crippen LogP contribution in [0.1, 0.15) is 44.6 Å². The van der Waals surface area contributed by atoms with Crippen LogP contribution in [0.4, 0.5) is 10.1 Å². The standard InChI is InChI=1S/C28H32FN3O/c1-2-3-4-7-21-8-10-25-22(18-21)12-17-32(28(25)33)23-9-11-27(26(29)19-23)31-16-13-24(20-31)30-14-5-6-15-30/h4,7-12,17-19,24H,2-3,5-6,13-16,20H2,1H3/t24-/m1/s1. The van der Waals surface area contributed by atoms with E-state index in [0.29, 0.717) is 22.8 Å². The molecular formula is C28H32FN3O. The van der Waals surface area contributed by atoms with Crippen LogP contribution in [0.5, 0.6) is 0 Å². The van der Waals surface area contributed by atoms with Gasteiger partial charge in [-0.1, -0.05) is 31.6 Å². The lowest BCUT2D eigenvalue weighted by atomic mass is 10.1. The fourth-order valence-electron chi connectivity index (χ4n) is 5.23. The molecule has 0 amide bonds. The van der Waals surface area contributed by atoms with Gasteiger partial charge in [0.15, 0.2) is 0 Å². The number of hydrogen-bond acceptors (Lipinski definition) is 3. The van der Waals surface area contributed by atoms with E-state index in [0.717, 1.165) is 43.3 Å². The molecule has 5 rings (SSSR count). The van der Waals surface area contributed by atoms with Gasteiger partial charge in [-0.15, -0.1) is 0 Å². The summed E-state index contributed by atoms with van der Waals surface area (Å²) in [4.78, 5) is 17.8. The van der Waals surface area contributed by atoms with Gasteiger partial charge in [-0.05, 0) is 80.1 Å². The molecule has 3 aromatic rings. The van der Waals surface area contributed by atoms with E-state index in [-0.39, 0.29) is 11.4 Å². The number of halogens is 1. The van der Waals surface area contributed by atoms with Gasteiger partial charge >= 0.3 is 0 Å². The van der Waals surface area contributed by atoms with E-state index < -0.39 is 0 Å². The van der Waals surface area contributed by atoms with E-state index in [1.807, 2.05) is 36.4 Å². The van der Waals surface area contributed by atoms with E-state index in [1.54, 1.807) is 10.8 Å². The summed E-state index contributed by atoms with van der Waals surface area (Å²) in [5, 5.41) is 1.54. The number of pyridine rings is 1. The molecule has 2 aliphatic rings. The van der Waals surface area contributed by atoms with Crippen LogP contribution in [-0.4, -0.2) is 41.7 Å². The zero-order chi connectivity index (χ0) is 22.8. The molecule has 2 fully saturated rings. The number of likely N-dealkylation sites (tertiary alicyclic amines) is 1. The number of allylic oxidation sites excluding steroid dienone is 1. The minimum absolute atomic E-state index is 0.126. The van der Waals surface area contributed by atoms with Crippen LogP contribution >= 0.6 is 0 Å². The number of aromatic nitrogens is 1. The molecule has 4 nitrogen and oxygen atoms in total. The summed E-state index contributed by atoms with van der Waals surface area (Å²) in [5.74, 6) is -0.266. The van der Waals surface area contributed by atoms with E-state index >= 15 is 4.39 Å². The van der Waals surface area contributed by atoms with Gasteiger partial charge in [-0.25, -0.2) is 4.39 Å². The lowest BCUT2D eigenvalue weighted by Gasteiger charge is -2.25. The Morgan fingerprint density at radius 1 is 1.06 bits per heavy atom. The van der Waals surface area contributed by atoms with Gasteiger partial charge in [0.2, 0.25) is 0 Å². The summed E-state index contributed by atoms with van der Waals surface area (Å²) < 4.78 is 16.7. The second-order valence-corrected chi connectivity index (χ2v) is 9.30. The monoisotopic (exact) mass is 445 g/mol. The Bertz CT molecular complexity index is 1230. The maximum absolute atomic E-state index is 15.2. The van der Waals surface area contributed by atoms with Crippen molar-refractivity contribution in [2.75, 3.05) is 31.1 Å². The number of unbranched alkanes of at least 4 members (excludes halogenated alkanes) is 1. The van der Waals surface area contributed by atoms with Gasteiger partial charge in [0, 0.05) is 36.8 Å². The van der Waals surface area contributed by atoms with Crippen molar-refractivity contribution in [3.8, 4) is 5.69 Å². The lowest BCUT2D eigenvalue weighted by molar-refractivity contribution is 0.260. The van der Waals surface area contributed by atoms with Crippen LogP contribution in [0.15, 0.2) is 59.5 Å². The third-order valence-corrected chi connectivity index (χ3v) is 7.06. The molecule has 1 atom stereocenters. The minimum atomic E-state index is -0.266. The summed E-state index contributed by atoms with van der Waals surface area (Å²) >= 11 is 0. The Balaban J connectivity index is 1.38. The van der Waals surface area contributed by atoms with Crippen LogP contribution < -0.4 is 10.5 Å². The summed E-state index contributed by atoms with van der Waals surface area (Å²) in [7, 11) is 0. The highest BCUT2D eigenvalue weighted by Crippen LogP contribution is 2.28. The van der Waals surface area contributed by atoms with Gasteiger partial charge in [-0.2, -0.15) is 0 Å². The first kappa shape index (κ1) is 21.9. The molecule has 2 aliphatic heterocycles. The second-order valence-electron chi connectivity index (χ2n) is 9.30. The topological polar surface area (TPSA) is 28.5 Å². The van der Waals surface area contributed by atoms with Gasteiger partial charge in [-0.3, -0.25) is 14.3 Å². The fourth-order valence-corrected chi connectivity index (χ4v) is 5.23. The van der Waals surface area contributed by atoms with E-state index in [4.69, 9.17) is 0 Å². The zero-order valence-corrected chi connectivity index (χ0v) is 19.3. The van der Waals surface area contributed by atoms with Crippen molar-refractivity contribution in [2.24, 2.45) is 0 Å². The van der Waals surface area contributed by atoms with E-state index in [1.165, 1.54) is 32.0 Å². The smallest absolute Gasteiger partial charge is 0.262 e. The quantitative estimate of drug-likeness (QED) is 0.493. The molecule has 5 heteroatoms. The highest BCUT2D eigenvalue weighted by Gasteiger charge is 2.30. The molecule has 0 saturated carbocycles. The molecule has 2 aromatic carbocycles. The molecule has 172 valence electrons. The maximum Gasteiger partial charge on any atom is 0.262 e. The highest BCUT2D eigenvalue weighted by molar-refractivity contribution is 5.84. The van der Waals surface area contributed by atoms with E-state index in [9.17, 15) is 4.79 Å². The Labute approximate surface area is 194 Å². The van der Waals surface area contributed by atoms with Crippen molar-refractivity contribution >= 4 is 22.5 Å². The molecule has 0 N–H and O–H groups in total. The second kappa shape index (κ2) is 9.52. The molecular weight excluding hydrogens is 413 g/mol. The Kier molecular flexibility index (Phi) is 6.32. The fraction of sp³-hybridized carbons (Fsp3) is 0.393. The van der Waals surface area contributed by atoms with Crippen LogP contribution in [0.3, 0.4) is 0 Å². The summed E-state index contributed by atoms with van der Waals surface area (Å²) in [6.45, 7) is 6.24. The molecule has 0 unspecified atom stereocenters. The first-order chi connectivity index (χ1) is 16.1. The average molecular weight is 446 g/mol. The van der Waals surface area contributed by atoms with Crippen molar-refractivity contribution in [1.82, 2.24) is 9.47 Å². The van der Waals surface area contributed by atoms with Gasteiger partial charge in [0.1, 0.15) is 5.82 Å². The third-order valence-electron chi connectivity index (χ3n) is 7.06. The molecule has 33 heavy (non-hydrogen) atoms. The van der Waals surface area contributed by atoms with Crippen LogP contribution in [0, 0.1) is 5.82 Å². The molecule has 2 saturated heterocycles. The number of anilines is 1. The first-order valence-electron chi connectivity index (χ1n) is 12.2. The van der Waals surface area contributed by atoms with Gasteiger partial charge in [0.25, 0.3) is 5.56 Å². The minimum Gasteiger partial charge on any atom is -0.368 e. The molecule has 3 heterocycles. The van der Waals surface area contributed by atoms with Crippen molar-refractivity contribution in [3.05, 3.63) is 76.5 Å². The molecule has 0 aliphatic carbocycles. The van der Waals surface area contributed by atoms with E-state index in [2.05, 4.69) is 28.9 Å². The lowest BCUT2D eigenvalue weighted by Crippen LogP contribution is -2.35. The maximum atomic E-state index is 15.2. The molecule has 0 bridgehead atoms. The van der Waals surface area contributed by atoms with Gasteiger partial charge in [0.05, 0.1) is 11.4 Å². The van der Waals surface area contributed by atoms with Crippen molar-refractivity contribution in [1.29, 1.82) is 0 Å². The predicted octanol–water partition coefficient (Wildman–Crippen LogP) is 5.62. The number of fused-ring (bicyclic) bond motifs is 1. The summed E-state index contributed by atoms with van der Waals surface area (Å²) in [6.07, 6.45) is 11.8. The van der Waals surface area contributed by atoms with Crippen LogP contribution in [-0.2, 0) is 0 Å². The third kappa shape index (κ3) is 4.47. The number of hydrogen-bond donors (Lipinski definition) is 0. The summed E-state index contributed by atoms with van der Waals surface area (Å²) in [5.41, 5.74) is 2.16. The molecule has 1 aromatic heterocycles. The number of benzene rings is 2. The van der Waals surface area contributed by atoms with Crippen molar-refractivity contribution in [2.45, 2.75) is 45.1 Å². The molecule has 0 spiro atoms. The normalized spacial score (nSPS) is 19.3. The van der Waals surface area contributed by atoms with Crippen molar-refractivity contribution < 1.29 is 4.39 Å². The molecule has 0 radical (unpaired) electrons. The summed E-state index contributed by atoms with van der Waals surface area (Å²) in [6, 6.07) is 13.5. The Morgan fingerprint density at radius 3 is 2.70 bits per heavy atom. The van der Waals surface area contributed by atoms with Crippen LogP contribution in [0.2, 0.25) is 0 Å². The van der Waals surface area contributed by atoms with Crippen LogP contribution in [0.25, 0.3) is 22.5 Å². The zero-order valence-electron chi connectivity index (χ0n) is 19.3. The highest BCUT2D eigenvalue weighted by atomic mass is 19.1. The Hall–Kier alpha value is -2.92. The SMILES string of the molecule is CCCC=Cc1ccc2c(=O)n(-c3ccc(N4CC[C@@H](N5CCCC5)C4)c(F)c3)ccc2c1. The average Bonchev–Trinajstić information content (AvgIpc) is 3.52. The number of rotatable bonds is 6. The first-order valence-corrected chi connectivity index (χ1v) is 12.2. The largest absolute Gasteiger partial charge is 0.368 e. The van der Waals surface area contributed by atoms with Crippen molar-refractivity contribution in [3.63, 3.8) is 0 Å². The predicted molar refractivity (Wildman–Crippen MR) is 135 cm³/mol. The number of nitrogens with zero attached hydrogens (tertiary/aromatic N) is 3. The van der Waals surface area contributed by atoms with Gasteiger partial charge < -0.3 is 4.90 Å².